The van der Waals surface area contributed by atoms with Crippen molar-refractivity contribution in [2.24, 2.45) is 5.92 Å². The maximum atomic E-state index is 13.2. The van der Waals surface area contributed by atoms with Crippen LogP contribution in [-0.4, -0.2) is 16.9 Å². The summed E-state index contributed by atoms with van der Waals surface area (Å²) in [5.74, 6) is 0.189. The van der Waals surface area contributed by atoms with Crippen molar-refractivity contribution in [3.63, 3.8) is 0 Å². The van der Waals surface area contributed by atoms with E-state index in [1.165, 1.54) is 30.3 Å². The summed E-state index contributed by atoms with van der Waals surface area (Å²) in [6.45, 7) is 2.21. The molecule has 0 aliphatic heterocycles. The van der Waals surface area contributed by atoms with Gasteiger partial charge in [0.2, 0.25) is 0 Å². The van der Waals surface area contributed by atoms with Gasteiger partial charge < -0.3 is 5.32 Å². The Morgan fingerprint density at radius 2 is 1.86 bits per heavy atom. The summed E-state index contributed by atoms with van der Waals surface area (Å²) < 4.78 is 13.2. The highest BCUT2D eigenvalue weighted by molar-refractivity contribution is 7.99. The number of carbonyl (C=O) groups excluding carboxylic acids is 1. The first-order valence-corrected chi connectivity index (χ1v) is 10.6. The van der Waals surface area contributed by atoms with E-state index in [0.717, 1.165) is 40.1 Å². The Labute approximate surface area is 168 Å². The summed E-state index contributed by atoms with van der Waals surface area (Å²) in [7, 11) is 0. The number of para-hydroxylation sites is 1. The number of rotatable bonds is 4. The molecule has 2 aromatic carbocycles. The number of amides is 1. The summed E-state index contributed by atoms with van der Waals surface area (Å²) in [6.07, 6.45) is 4.60. The zero-order valence-corrected chi connectivity index (χ0v) is 16.6. The summed E-state index contributed by atoms with van der Waals surface area (Å²) in [6, 6.07) is 16.1. The highest BCUT2D eigenvalue weighted by atomic mass is 32.2. The number of nitrogens with one attached hydrogen (secondary N) is 1. The van der Waals surface area contributed by atoms with Gasteiger partial charge in [-0.3, -0.25) is 4.79 Å². The Bertz CT molecular complexity index is 990. The molecule has 1 N–H and O–H groups in total. The van der Waals surface area contributed by atoms with Gasteiger partial charge in [-0.1, -0.05) is 49.7 Å². The molecule has 3 aromatic rings. The minimum Gasteiger partial charge on any atom is -0.349 e. The molecule has 1 aliphatic carbocycles. The van der Waals surface area contributed by atoms with Crippen molar-refractivity contribution in [1.29, 1.82) is 0 Å². The van der Waals surface area contributed by atoms with E-state index in [2.05, 4.69) is 17.2 Å². The maximum absolute atomic E-state index is 13.2. The van der Waals surface area contributed by atoms with Crippen LogP contribution in [0.25, 0.3) is 10.9 Å². The van der Waals surface area contributed by atoms with Crippen molar-refractivity contribution in [3.05, 3.63) is 66.0 Å². The van der Waals surface area contributed by atoms with E-state index in [-0.39, 0.29) is 17.8 Å². The monoisotopic (exact) mass is 394 g/mol. The molecule has 0 bridgehead atoms. The lowest BCUT2D eigenvalue weighted by atomic mass is 9.86. The van der Waals surface area contributed by atoms with E-state index in [4.69, 9.17) is 0 Å². The van der Waals surface area contributed by atoms with Gasteiger partial charge in [0.05, 0.1) is 11.1 Å². The van der Waals surface area contributed by atoms with Gasteiger partial charge in [0.15, 0.2) is 0 Å². The van der Waals surface area contributed by atoms with Crippen LogP contribution in [0.4, 0.5) is 4.39 Å². The lowest BCUT2D eigenvalue weighted by molar-refractivity contribution is 0.0911. The fourth-order valence-corrected chi connectivity index (χ4v) is 4.63. The number of hydrogen-bond acceptors (Lipinski definition) is 3. The summed E-state index contributed by atoms with van der Waals surface area (Å²) >= 11 is 1.43. The summed E-state index contributed by atoms with van der Waals surface area (Å²) in [5, 5.41) is 4.83. The van der Waals surface area contributed by atoms with Crippen molar-refractivity contribution >= 4 is 28.6 Å². The Balaban J connectivity index is 1.65. The maximum Gasteiger partial charge on any atom is 0.252 e. The molecular formula is C23H23FN2OS. The van der Waals surface area contributed by atoms with E-state index >= 15 is 0 Å². The van der Waals surface area contributed by atoms with Gasteiger partial charge in [0, 0.05) is 16.3 Å². The molecule has 3 nitrogen and oxygen atoms in total. The second-order valence-corrected chi connectivity index (χ2v) is 8.52. The quantitative estimate of drug-likeness (QED) is 0.605. The van der Waals surface area contributed by atoms with Crippen LogP contribution in [0.5, 0.6) is 0 Å². The number of benzene rings is 2. The second kappa shape index (κ2) is 8.31. The third kappa shape index (κ3) is 4.20. The first-order valence-electron chi connectivity index (χ1n) is 9.74. The largest absolute Gasteiger partial charge is 0.349 e. The van der Waals surface area contributed by atoms with Gasteiger partial charge >= 0.3 is 0 Å². The third-order valence-corrected chi connectivity index (χ3v) is 6.33. The van der Waals surface area contributed by atoms with Gasteiger partial charge in [-0.2, -0.15) is 0 Å². The highest BCUT2D eigenvalue weighted by Crippen LogP contribution is 2.30. The normalized spacial score (nSPS) is 19.5. The topological polar surface area (TPSA) is 42.0 Å². The van der Waals surface area contributed by atoms with Crippen LogP contribution in [-0.2, 0) is 0 Å². The molecule has 28 heavy (non-hydrogen) atoms. The Hall–Kier alpha value is -2.40. The molecule has 1 aliphatic rings. The zero-order chi connectivity index (χ0) is 19.5. The Morgan fingerprint density at radius 3 is 2.64 bits per heavy atom. The predicted molar refractivity (Wildman–Crippen MR) is 111 cm³/mol. The molecule has 2 atom stereocenters. The smallest absolute Gasteiger partial charge is 0.252 e. The van der Waals surface area contributed by atoms with Gasteiger partial charge in [-0.05, 0) is 55.2 Å². The fraction of sp³-hybridized carbons (Fsp3) is 0.304. The van der Waals surface area contributed by atoms with Crippen molar-refractivity contribution in [3.8, 4) is 0 Å². The van der Waals surface area contributed by atoms with Crippen LogP contribution in [0.15, 0.2) is 64.5 Å². The SMILES string of the molecule is C[C@@H]1CCCC[C@@H]1NC(=O)c1cc(Sc2ccc(F)cc2)nc2ccccc12. The van der Waals surface area contributed by atoms with Crippen LogP contribution >= 0.6 is 11.8 Å². The molecule has 1 amide bonds. The van der Waals surface area contributed by atoms with Crippen molar-refractivity contribution < 1.29 is 9.18 Å². The van der Waals surface area contributed by atoms with E-state index < -0.39 is 0 Å². The van der Waals surface area contributed by atoms with E-state index in [1.54, 1.807) is 12.1 Å². The number of nitrogens with zero attached hydrogens (tertiary/aromatic N) is 1. The van der Waals surface area contributed by atoms with Crippen molar-refractivity contribution in [1.82, 2.24) is 10.3 Å². The van der Waals surface area contributed by atoms with Crippen LogP contribution in [0.2, 0.25) is 0 Å². The number of aromatic nitrogens is 1. The molecule has 1 saturated carbocycles. The summed E-state index contributed by atoms with van der Waals surface area (Å²) in [4.78, 5) is 18.7. The van der Waals surface area contributed by atoms with Crippen LogP contribution < -0.4 is 5.32 Å². The second-order valence-electron chi connectivity index (χ2n) is 7.42. The standard InChI is InChI=1S/C23H23FN2OS/c1-15-6-2-4-8-20(15)26-23(27)19-14-22(25-21-9-5-3-7-18(19)21)28-17-12-10-16(24)11-13-17/h3,5,7,9-15,20H,2,4,6,8H2,1H3,(H,26,27)/t15-,20+/m1/s1. The number of carbonyl (C=O) groups is 1. The molecule has 0 saturated heterocycles. The van der Waals surface area contributed by atoms with Gasteiger partial charge in [-0.15, -0.1) is 0 Å². The first kappa shape index (κ1) is 18.9. The lowest BCUT2D eigenvalue weighted by Gasteiger charge is -2.29. The summed E-state index contributed by atoms with van der Waals surface area (Å²) in [5.41, 5.74) is 1.43. The molecule has 4 rings (SSSR count). The lowest BCUT2D eigenvalue weighted by Crippen LogP contribution is -2.41. The minimum absolute atomic E-state index is 0.0432. The van der Waals surface area contributed by atoms with Crippen LogP contribution in [0.3, 0.4) is 0 Å². The third-order valence-electron chi connectivity index (χ3n) is 5.40. The predicted octanol–water partition coefficient (Wildman–Crippen LogP) is 5.83. The van der Waals surface area contributed by atoms with Crippen molar-refractivity contribution in [2.75, 3.05) is 0 Å². The average Bonchev–Trinajstić information content (AvgIpc) is 2.71. The van der Waals surface area contributed by atoms with Gasteiger partial charge in [-0.25, -0.2) is 9.37 Å². The van der Waals surface area contributed by atoms with E-state index in [0.29, 0.717) is 11.5 Å². The molecule has 5 heteroatoms. The number of pyridine rings is 1. The molecule has 1 heterocycles. The molecule has 0 radical (unpaired) electrons. The van der Waals surface area contributed by atoms with Crippen molar-refractivity contribution in [2.45, 2.75) is 48.6 Å². The van der Waals surface area contributed by atoms with E-state index in [1.807, 2.05) is 30.3 Å². The zero-order valence-electron chi connectivity index (χ0n) is 15.8. The first-order chi connectivity index (χ1) is 13.6. The van der Waals surface area contributed by atoms with Crippen LogP contribution in [0.1, 0.15) is 43.0 Å². The number of fused-ring (bicyclic) bond motifs is 1. The highest BCUT2D eigenvalue weighted by Gasteiger charge is 2.24. The van der Waals surface area contributed by atoms with Crippen LogP contribution in [0, 0.1) is 11.7 Å². The minimum atomic E-state index is -0.266. The number of hydrogen-bond donors (Lipinski definition) is 1. The van der Waals surface area contributed by atoms with Gasteiger partial charge in [0.25, 0.3) is 5.91 Å². The number of halogens is 1. The average molecular weight is 395 g/mol. The molecular weight excluding hydrogens is 371 g/mol. The fourth-order valence-electron chi connectivity index (χ4n) is 3.79. The molecule has 0 unspecified atom stereocenters. The molecule has 0 spiro atoms. The van der Waals surface area contributed by atoms with Gasteiger partial charge in [0.1, 0.15) is 10.8 Å². The molecule has 1 fully saturated rings. The molecule has 144 valence electrons. The molecule has 1 aromatic heterocycles. The van der Waals surface area contributed by atoms with E-state index in [9.17, 15) is 9.18 Å². The Kier molecular flexibility index (Phi) is 5.62. The Morgan fingerprint density at radius 1 is 1.11 bits per heavy atom.